The highest BCUT2D eigenvalue weighted by molar-refractivity contribution is 7.15. The average Bonchev–Trinajstić information content (AvgIpc) is 3.44. The fourth-order valence-corrected chi connectivity index (χ4v) is 5.39. The van der Waals surface area contributed by atoms with Crippen LogP contribution in [0.15, 0.2) is 60.1 Å². The number of thiazole rings is 1. The summed E-state index contributed by atoms with van der Waals surface area (Å²) in [4.78, 5) is 22.5. The van der Waals surface area contributed by atoms with Crippen molar-refractivity contribution < 1.29 is 18.0 Å². The molecule has 1 saturated heterocycles. The first-order valence-corrected chi connectivity index (χ1v) is 12.3. The van der Waals surface area contributed by atoms with Crippen molar-refractivity contribution in [3.05, 3.63) is 71.2 Å². The van der Waals surface area contributed by atoms with E-state index in [4.69, 9.17) is 0 Å². The summed E-state index contributed by atoms with van der Waals surface area (Å²) < 4.78 is 40.6. The van der Waals surface area contributed by atoms with Crippen molar-refractivity contribution in [3.63, 3.8) is 0 Å². The van der Waals surface area contributed by atoms with E-state index >= 15 is 0 Å². The van der Waals surface area contributed by atoms with Crippen LogP contribution in [-0.2, 0) is 6.18 Å². The molecule has 35 heavy (non-hydrogen) atoms. The monoisotopic (exact) mass is 498 g/mol. The van der Waals surface area contributed by atoms with Crippen LogP contribution in [0.1, 0.15) is 28.8 Å². The quantitative estimate of drug-likeness (QED) is 0.351. The van der Waals surface area contributed by atoms with E-state index in [9.17, 15) is 18.0 Å². The molecule has 4 aromatic rings. The molecule has 5 nitrogen and oxygen atoms in total. The van der Waals surface area contributed by atoms with Crippen LogP contribution in [0.2, 0.25) is 0 Å². The highest BCUT2D eigenvalue weighted by Gasteiger charge is 2.30. The number of alkyl halides is 3. The molecule has 2 aromatic carbocycles. The number of carbonyl (C=O) groups excluding carboxylic acids is 1. The molecule has 5 rings (SSSR count). The number of imidazole rings is 1. The summed E-state index contributed by atoms with van der Waals surface area (Å²) in [6.45, 7) is 1.51. The molecule has 0 saturated carbocycles. The number of benzene rings is 2. The zero-order chi connectivity index (χ0) is 24.7. The SMILES string of the molecule is CN(C)C1CCN(C(=O)c2ccc(-c3cn4c(-c5ccc(C(F)(F)F)cc5)csc4n3)cc2)CC1. The third kappa shape index (κ3) is 4.70. The standard InChI is InChI=1S/C26H25F3N4OS/c1-31(2)21-11-13-32(14-12-21)24(34)19-5-3-17(4-6-19)22-15-33-23(16-35-25(33)30-22)18-7-9-20(10-8-18)26(27,28)29/h3-10,15-16,21H,11-14H2,1-2H3. The second-order valence-electron chi connectivity index (χ2n) is 9.04. The predicted molar refractivity (Wildman–Crippen MR) is 132 cm³/mol. The number of fused-ring (bicyclic) bond motifs is 1. The number of aromatic nitrogens is 2. The van der Waals surface area contributed by atoms with Crippen LogP contribution in [0.3, 0.4) is 0 Å². The van der Waals surface area contributed by atoms with Gasteiger partial charge in [-0.25, -0.2) is 4.98 Å². The molecule has 0 spiro atoms. The Morgan fingerprint density at radius 2 is 1.63 bits per heavy atom. The minimum Gasteiger partial charge on any atom is -0.339 e. The summed E-state index contributed by atoms with van der Waals surface area (Å²) in [6, 6.07) is 13.1. The Morgan fingerprint density at radius 1 is 1.00 bits per heavy atom. The summed E-state index contributed by atoms with van der Waals surface area (Å²) in [5.41, 5.74) is 3.08. The van der Waals surface area contributed by atoms with Crippen molar-refractivity contribution in [1.82, 2.24) is 19.2 Å². The van der Waals surface area contributed by atoms with E-state index in [-0.39, 0.29) is 5.91 Å². The molecule has 1 fully saturated rings. The number of nitrogens with zero attached hydrogens (tertiary/aromatic N) is 4. The lowest BCUT2D eigenvalue weighted by Crippen LogP contribution is -2.44. The van der Waals surface area contributed by atoms with Crippen LogP contribution < -0.4 is 0 Å². The normalized spacial score (nSPS) is 15.3. The molecule has 1 aliphatic rings. The molecule has 0 bridgehead atoms. The van der Waals surface area contributed by atoms with Gasteiger partial charge in [-0.1, -0.05) is 24.3 Å². The molecular weight excluding hydrogens is 473 g/mol. The Bertz CT molecular complexity index is 1330. The van der Waals surface area contributed by atoms with Crippen molar-refractivity contribution in [3.8, 4) is 22.5 Å². The number of amides is 1. The molecular formula is C26H25F3N4OS. The third-order valence-corrected chi connectivity index (χ3v) is 7.47. The Balaban J connectivity index is 1.33. The first-order valence-electron chi connectivity index (χ1n) is 11.4. The van der Waals surface area contributed by atoms with E-state index in [1.54, 1.807) is 0 Å². The van der Waals surface area contributed by atoms with Gasteiger partial charge in [-0.3, -0.25) is 9.20 Å². The minimum atomic E-state index is -4.36. The molecule has 3 heterocycles. The van der Waals surface area contributed by atoms with E-state index in [2.05, 4.69) is 24.0 Å². The summed E-state index contributed by atoms with van der Waals surface area (Å²) in [6.07, 6.45) is -0.532. The van der Waals surface area contributed by atoms with Gasteiger partial charge in [0.2, 0.25) is 0 Å². The molecule has 9 heteroatoms. The van der Waals surface area contributed by atoms with Crippen LogP contribution in [0.4, 0.5) is 13.2 Å². The summed E-state index contributed by atoms with van der Waals surface area (Å²) in [5, 5.41) is 1.88. The molecule has 0 radical (unpaired) electrons. The molecule has 0 atom stereocenters. The third-order valence-electron chi connectivity index (χ3n) is 6.63. The lowest BCUT2D eigenvalue weighted by Gasteiger charge is -2.35. The highest BCUT2D eigenvalue weighted by Crippen LogP contribution is 2.33. The van der Waals surface area contributed by atoms with Gasteiger partial charge in [-0.15, -0.1) is 11.3 Å². The number of hydrogen-bond donors (Lipinski definition) is 0. The zero-order valence-electron chi connectivity index (χ0n) is 19.4. The maximum absolute atomic E-state index is 12.9. The van der Waals surface area contributed by atoms with Gasteiger partial charge in [0.25, 0.3) is 5.91 Å². The number of likely N-dealkylation sites (tertiary alicyclic amines) is 1. The number of carbonyl (C=O) groups is 1. The number of rotatable bonds is 4. The van der Waals surface area contributed by atoms with Crippen LogP contribution >= 0.6 is 11.3 Å². The maximum atomic E-state index is 12.9. The Morgan fingerprint density at radius 3 is 2.23 bits per heavy atom. The van der Waals surface area contributed by atoms with E-state index in [1.807, 2.05) is 45.1 Å². The van der Waals surface area contributed by atoms with Gasteiger partial charge in [0.05, 0.1) is 17.0 Å². The van der Waals surface area contributed by atoms with E-state index in [0.29, 0.717) is 17.2 Å². The first kappa shape index (κ1) is 23.6. The van der Waals surface area contributed by atoms with Gasteiger partial charge in [0.1, 0.15) is 0 Å². The van der Waals surface area contributed by atoms with Crippen molar-refractivity contribution in [2.24, 2.45) is 0 Å². The Hall–Kier alpha value is -3.17. The lowest BCUT2D eigenvalue weighted by atomic mass is 10.0. The van der Waals surface area contributed by atoms with Gasteiger partial charge in [0, 0.05) is 41.8 Å². The number of halogens is 3. The van der Waals surface area contributed by atoms with Crippen molar-refractivity contribution in [2.75, 3.05) is 27.2 Å². The van der Waals surface area contributed by atoms with Crippen LogP contribution in [-0.4, -0.2) is 58.3 Å². The maximum Gasteiger partial charge on any atom is 0.416 e. The molecule has 2 aromatic heterocycles. The minimum absolute atomic E-state index is 0.0455. The average molecular weight is 499 g/mol. The largest absolute Gasteiger partial charge is 0.416 e. The van der Waals surface area contributed by atoms with Gasteiger partial charge in [0.15, 0.2) is 4.96 Å². The van der Waals surface area contributed by atoms with Crippen molar-refractivity contribution >= 4 is 22.2 Å². The summed E-state index contributed by atoms with van der Waals surface area (Å²) >= 11 is 1.43. The second kappa shape index (κ2) is 9.13. The van der Waals surface area contributed by atoms with Gasteiger partial charge < -0.3 is 9.80 Å². The highest BCUT2D eigenvalue weighted by atomic mass is 32.1. The topological polar surface area (TPSA) is 40.9 Å². The lowest BCUT2D eigenvalue weighted by molar-refractivity contribution is -0.137. The molecule has 0 aliphatic carbocycles. The van der Waals surface area contributed by atoms with Gasteiger partial charge in [-0.05, 0) is 56.8 Å². The molecule has 1 aliphatic heterocycles. The van der Waals surface area contributed by atoms with Gasteiger partial charge >= 0.3 is 6.18 Å². The molecule has 182 valence electrons. The Kier molecular flexibility index (Phi) is 6.14. The van der Waals surface area contributed by atoms with E-state index in [1.165, 1.54) is 23.5 Å². The van der Waals surface area contributed by atoms with Crippen LogP contribution in [0.25, 0.3) is 27.5 Å². The fourth-order valence-electron chi connectivity index (χ4n) is 4.51. The van der Waals surface area contributed by atoms with Crippen LogP contribution in [0, 0.1) is 0 Å². The Labute approximate surface area is 205 Å². The smallest absolute Gasteiger partial charge is 0.339 e. The zero-order valence-corrected chi connectivity index (χ0v) is 20.2. The van der Waals surface area contributed by atoms with Gasteiger partial charge in [-0.2, -0.15) is 13.2 Å². The fraction of sp³-hybridized carbons (Fsp3) is 0.308. The first-order chi connectivity index (χ1) is 16.7. The molecule has 0 unspecified atom stereocenters. The molecule has 0 N–H and O–H groups in total. The molecule has 1 amide bonds. The van der Waals surface area contributed by atoms with E-state index < -0.39 is 11.7 Å². The number of hydrogen-bond acceptors (Lipinski definition) is 4. The summed E-state index contributed by atoms with van der Waals surface area (Å²) in [5.74, 6) is 0.0455. The van der Waals surface area contributed by atoms with Crippen LogP contribution in [0.5, 0.6) is 0 Å². The number of piperidine rings is 1. The van der Waals surface area contributed by atoms with Crippen molar-refractivity contribution in [1.29, 1.82) is 0 Å². The van der Waals surface area contributed by atoms with Crippen molar-refractivity contribution in [2.45, 2.75) is 25.1 Å². The summed E-state index contributed by atoms with van der Waals surface area (Å²) in [7, 11) is 4.15. The van der Waals surface area contributed by atoms with E-state index in [0.717, 1.165) is 60.0 Å². The predicted octanol–water partition coefficient (Wildman–Crippen LogP) is 5.91. The second-order valence-corrected chi connectivity index (χ2v) is 9.88.